The van der Waals surface area contributed by atoms with E-state index in [9.17, 15) is 4.79 Å². The van der Waals surface area contributed by atoms with Crippen LogP contribution in [0.1, 0.15) is 61.3 Å². The van der Waals surface area contributed by atoms with Crippen LogP contribution >= 0.6 is 0 Å². The zero-order chi connectivity index (χ0) is 19.6. The number of carbonyl (C=O) groups excluding carboxylic acids is 1. The lowest BCUT2D eigenvalue weighted by atomic mass is 9.86. The van der Waals surface area contributed by atoms with Gasteiger partial charge in [0.2, 0.25) is 8.32 Å². The van der Waals surface area contributed by atoms with Crippen molar-refractivity contribution in [3.63, 3.8) is 0 Å². The molecule has 1 aliphatic carbocycles. The number of nitrogens with zero attached hydrogens (tertiary/aromatic N) is 1. The predicted molar refractivity (Wildman–Crippen MR) is 107 cm³/mol. The molecule has 0 radical (unpaired) electrons. The Bertz CT molecular complexity index is 484. The van der Waals surface area contributed by atoms with Crippen molar-refractivity contribution in [2.24, 2.45) is 5.92 Å². The van der Waals surface area contributed by atoms with Gasteiger partial charge >= 0.3 is 5.97 Å². The molecule has 4 nitrogen and oxygen atoms in total. The molecule has 0 heterocycles. The summed E-state index contributed by atoms with van der Waals surface area (Å²) in [6, 6.07) is 0.724. The van der Waals surface area contributed by atoms with Crippen LogP contribution < -0.4 is 0 Å². The summed E-state index contributed by atoms with van der Waals surface area (Å²) in [4.78, 5) is 14.8. The van der Waals surface area contributed by atoms with Gasteiger partial charge in [-0.3, -0.25) is 9.69 Å². The smallest absolute Gasteiger partial charge is 0.310 e. The Morgan fingerprint density at radius 2 is 1.72 bits per heavy atom. The summed E-state index contributed by atoms with van der Waals surface area (Å²) in [6.07, 6.45) is 3.80. The predicted octanol–water partition coefficient (Wildman–Crippen LogP) is 4.96. The minimum absolute atomic E-state index is 0.0287. The highest BCUT2D eigenvalue weighted by atomic mass is 28.4. The first-order valence-corrected chi connectivity index (χ1v) is 12.5. The van der Waals surface area contributed by atoms with Crippen LogP contribution in [0.3, 0.4) is 0 Å². The fraction of sp³-hybridized carbons (Fsp3) is 0.850. The highest BCUT2D eigenvalue weighted by Gasteiger charge is 2.42. The Kier molecular flexibility index (Phi) is 7.34. The average Bonchev–Trinajstić information content (AvgIpc) is 2.44. The molecule has 146 valence electrons. The summed E-state index contributed by atoms with van der Waals surface area (Å²) in [5.41, 5.74) is 0. The van der Waals surface area contributed by atoms with Gasteiger partial charge in [-0.15, -0.1) is 0 Å². The highest BCUT2D eigenvalue weighted by Crippen LogP contribution is 2.40. The number of hydrogen-bond donors (Lipinski definition) is 0. The molecule has 0 N–H and O–H groups in total. The van der Waals surface area contributed by atoms with E-state index in [-0.39, 0.29) is 23.0 Å². The first-order valence-electron chi connectivity index (χ1n) is 9.56. The van der Waals surface area contributed by atoms with E-state index >= 15 is 0 Å². The maximum absolute atomic E-state index is 12.4. The van der Waals surface area contributed by atoms with Crippen molar-refractivity contribution in [1.82, 2.24) is 4.90 Å². The van der Waals surface area contributed by atoms with E-state index in [1.54, 1.807) is 0 Å². The van der Waals surface area contributed by atoms with Crippen LogP contribution in [0.5, 0.6) is 0 Å². The van der Waals surface area contributed by atoms with Crippen molar-refractivity contribution in [2.45, 2.75) is 97.6 Å². The highest BCUT2D eigenvalue weighted by molar-refractivity contribution is 6.74. The Morgan fingerprint density at radius 3 is 2.12 bits per heavy atom. The molecular weight excluding hydrogens is 330 g/mol. The second-order valence-electron chi connectivity index (χ2n) is 9.29. The van der Waals surface area contributed by atoms with Gasteiger partial charge in [-0.05, 0) is 58.3 Å². The molecule has 0 bridgehead atoms. The number of methoxy groups -OCH3 is 1. The second-order valence-corrected chi connectivity index (χ2v) is 14.0. The average molecular weight is 370 g/mol. The molecule has 1 rings (SSSR count). The normalized spacial score (nSPS) is 22.4. The molecule has 2 atom stereocenters. The standard InChI is InChI=1S/C20H39NO3Si/c1-14(2)21(15(3)4)18-13-16(11-12-17(18)19(22)23-8)24-25(9,10)20(5,6)7/h13-15,17-18H,11-12H2,1-10H3/t17-,18-/m1/s1. The van der Waals surface area contributed by atoms with E-state index in [1.807, 2.05) is 0 Å². The Balaban J connectivity index is 3.20. The SMILES string of the molecule is COC(=O)[C@@H]1CCC(O[Si](C)(C)C(C)(C)C)=C[C@H]1N(C(C)C)C(C)C. The third kappa shape index (κ3) is 5.33. The molecular formula is C20H39NO3Si. The molecule has 0 aliphatic heterocycles. The van der Waals surface area contributed by atoms with Gasteiger partial charge in [0.05, 0.1) is 18.8 Å². The van der Waals surface area contributed by atoms with Crippen LogP contribution in [0, 0.1) is 5.92 Å². The summed E-state index contributed by atoms with van der Waals surface area (Å²) in [5, 5.41) is 0.165. The maximum Gasteiger partial charge on any atom is 0.310 e. The number of rotatable bonds is 6. The molecule has 0 aromatic carbocycles. The first kappa shape index (κ1) is 22.2. The molecule has 0 aromatic heterocycles. The lowest BCUT2D eigenvalue weighted by Gasteiger charge is -2.44. The zero-order valence-corrected chi connectivity index (χ0v) is 19.0. The quantitative estimate of drug-likeness (QED) is 0.490. The molecule has 0 amide bonds. The third-order valence-electron chi connectivity index (χ3n) is 5.70. The lowest BCUT2D eigenvalue weighted by Crippen LogP contribution is -2.51. The van der Waals surface area contributed by atoms with Gasteiger partial charge in [-0.2, -0.15) is 0 Å². The van der Waals surface area contributed by atoms with E-state index in [4.69, 9.17) is 9.16 Å². The van der Waals surface area contributed by atoms with Gasteiger partial charge in [-0.25, -0.2) is 0 Å². The molecule has 0 fully saturated rings. The number of esters is 1. The van der Waals surface area contributed by atoms with Crippen LogP contribution in [0.4, 0.5) is 0 Å². The van der Waals surface area contributed by atoms with Crippen LogP contribution in [-0.4, -0.2) is 44.4 Å². The van der Waals surface area contributed by atoms with Crippen molar-refractivity contribution in [1.29, 1.82) is 0 Å². The molecule has 0 saturated heterocycles. The van der Waals surface area contributed by atoms with Crippen molar-refractivity contribution < 1.29 is 14.0 Å². The van der Waals surface area contributed by atoms with Crippen LogP contribution in [-0.2, 0) is 14.0 Å². The minimum Gasteiger partial charge on any atom is -0.547 e. The number of hydrogen-bond acceptors (Lipinski definition) is 4. The minimum atomic E-state index is -1.87. The lowest BCUT2D eigenvalue weighted by molar-refractivity contribution is -0.148. The molecule has 0 spiro atoms. The van der Waals surface area contributed by atoms with E-state index in [1.165, 1.54) is 7.11 Å². The van der Waals surface area contributed by atoms with Gasteiger partial charge in [0.1, 0.15) is 0 Å². The van der Waals surface area contributed by atoms with Crippen molar-refractivity contribution in [3.8, 4) is 0 Å². The largest absolute Gasteiger partial charge is 0.547 e. The molecule has 5 heteroatoms. The Labute approximate surface area is 156 Å². The monoisotopic (exact) mass is 369 g/mol. The molecule has 0 unspecified atom stereocenters. The zero-order valence-electron chi connectivity index (χ0n) is 18.0. The summed E-state index contributed by atoms with van der Waals surface area (Å²) in [7, 11) is -0.386. The van der Waals surface area contributed by atoms with Gasteiger partial charge in [0.25, 0.3) is 0 Å². The third-order valence-corrected chi connectivity index (χ3v) is 10.1. The fourth-order valence-corrected chi connectivity index (χ4v) is 4.54. The van der Waals surface area contributed by atoms with Gasteiger partial charge in [-0.1, -0.05) is 20.8 Å². The van der Waals surface area contributed by atoms with Crippen molar-refractivity contribution in [2.75, 3.05) is 7.11 Å². The summed E-state index contributed by atoms with van der Waals surface area (Å²) in [6.45, 7) is 20.1. The van der Waals surface area contributed by atoms with Crippen molar-refractivity contribution in [3.05, 3.63) is 11.8 Å². The summed E-state index contributed by atoms with van der Waals surface area (Å²) in [5.74, 6) is 0.823. The van der Waals surface area contributed by atoms with Gasteiger partial charge in [0.15, 0.2) is 0 Å². The molecule has 0 aromatic rings. The maximum atomic E-state index is 12.4. The topological polar surface area (TPSA) is 38.8 Å². The Morgan fingerprint density at radius 1 is 1.20 bits per heavy atom. The van der Waals surface area contributed by atoms with E-state index in [0.717, 1.165) is 18.6 Å². The number of carbonyl (C=O) groups is 1. The van der Waals surface area contributed by atoms with E-state index < -0.39 is 8.32 Å². The van der Waals surface area contributed by atoms with Gasteiger partial charge < -0.3 is 9.16 Å². The number of allylic oxidation sites excluding steroid dienone is 1. The van der Waals surface area contributed by atoms with Gasteiger partial charge in [0, 0.05) is 24.5 Å². The molecule has 25 heavy (non-hydrogen) atoms. The summed E-state index contributed by atoms with van der Waals surface area (Å²) < 4.78 is 11.7. The fourth-order valence-electron chi connectivity index (χ4n) is 3.41. The van der Waals surface area contributed by atoms with Crippen molar-refractivity contribution >= 4 is 14.3 Å². The molecule has 0 saturated carbocycles. The first-order chi connectivity index (χ1) is 11.3. The molecule has 1 aliphatic rings. The Hall–Kier alpha value is -0.813. The van der Waals surface area contributed by atoms with Crippen LogP contribution in [0.25, 0.3) is 0 Å². The van der Waals surface area contributed by atoms with E-state index in [0.29, 0.717) is 12.1 Å². The van der Waals surface area contributed by atoms with E-state index in [2.05, 4.69) is 72.5 Å². The van der Waals surface area contributed by atoms with Crippen LogP contribution in [0.2, 0.25) is 18.1 Å². The number of ether oxygens (including phenoxy) is 1. The van der Waals surface area contributed by atoms with Crippen LogP contribution in [0.15, 0.2) is 11.8 Å². The second kappa shape index (κ2) is 8.25. The summed E-state index contributed by atoms with van der Waals surface area (Å²) >= 11 is 0.